The number of methoxy groups -OCH3 is 2. The van der Waals surface area contributed by atoms with Crippen molar-refractivity contribution in [3.8, 4) is 11.5 Å². The lowest BCUT2D eigenvalue weighted by Crippen LogP contribution is -2.65. The summed E-state index contributed by atoms with van der Waals surface area (Å²) in [5.41, 5.74) is 0.0971. The summed E-state index contributed by atoms with van der Waals surface area (Å²) in [6.45, 7) is 4.69. The minimum atomic E-state index is -1.09. The van der Waals surface area contributed by atoms with Gasteiger partial charge in [-0.25, -0.2) is 0 Å². The fourth-order valence-electron chi connectivity index (χ4n) is 5.12. The van der Waals surface area contributed by atoms with Crippen LogP contribution in [0.15, 0.2) is 24.3 Å². The van der Waals surface area contributed by atoms with E-state index in [2.05, 4.69) is 15.7 Å². The molecule has 10 nitrogen and oxygen atoms in total. The maximum absolute atomic E-state index is 13.6. The number of rotatable bonds is 10. The molecular formula is C27H37N5O5. The van der Waals surface area contributed by atoms with Crippen LogP contribution >= 0.6 is 0 Å². The van der Waals surface area contributed by atoms with Gasteiger partial charge in [0.25, 0.3) is 11.8 Å². The normalized spacial score (nSPS) is 19.5. The Hall–Kier alpha value is -3.56. The lowest BCUT2D eigenvalue weighted by Gasteiger charge is -2.43. The molecule has 10 heteroatoms. The van der Waals surface area contributed by atoms with Gasteiger partial charge in [-0.1, -0.05) is 26.2 Å². The fraction of sp³-hybridized carbons (Fsp3) is 0.556. The van der Waals surface area contributed by atoms with Crippen LogP contribution in [0.3, 0.4) is 0 Å². The van der Waals surface area contributed by atoms with Crippen LogP contribution in [-0.4, -0.2) is 64.7 Å². The van der Waals surface area contributed by atoms with Gasteiger partial charge in [0.15, 0.2) is 5.69 Å². The highest BCUT2D eigenvalue weighted by molar-refractivity contribution is 6.02. The van der Waals surface area contributed by atoms with Crippen LogP contribution < -0.4 is 20.1 Å². The van der Waals surface area contributed by atoms with Gasteiger partial charge in [0.05, 0.1) is 20.8 Å². The van der Waals surface area contributed by atoms with E-state index < -0.39 is 11.4 Å². The number of carbonyl (C=O) groups is 3. The molecule has 1 aliphatic carbocycles. The maximum Gasteiger partial charge on any atom is 0.273 e. The number of carbonyl (C=O) groups excluding carboxylic acids is 3. The lowest BCUT2D eigenvalue weighted by atomic mass is 9.94. The number of nitrogens with zero attached hydrogens (tertiary/aromatic N) is 3. The van der Waals surface area contributed by atoms with E-state index in [4.69, 9.17) is 9.47 Å². The average molecular weight is 512 g/mol. The molecule has 4 rings (SSSR count). The first-order valence-corrected chi connectivity index (χ1v) is 13.0. The summed E-state index contributed by atoms with van der Waals surface area (Å²) >= 11 is 0. The Morgan fingerprint density at radius 2 is 1.92 bits per heavy atom. The summed E-state index contributed by atoms with van der Waals surface area (Å²) in [7, 11) is 3.13. The standard InChI is InChI=1S/C27H37N5O5/c1-5-6-13-31-25(34)22-15-21(24(33)28-16-18-14-20(36-3)11-12-23(18)37-4)30-32(22)17-27(31,2)26(35)29-19-9-7-8-10-19/h11-12,14-15,19H,5-10,13,16-17H2,1-4H3,(H,28,33)(H,29,35). The van der Waals surface area contributed by atoms with Gasteiger partial charge in [0.2, 0.25) is 5.91 Å². The molecule has 1 fully saturated rings. The smallest absolute Gasteiger partial charge is 0.273 e. The van der Waals surface area contributed by atoms with Crippen molar-refractivity contribution in [3.63, 3.8) is 0 Å². The molecule has 1 aliphatic heterocycles. The van der Waals surface area contributed by atoms with Crippen LogP contribution in [0, 0.1) is 0 Å². The second kappa shape index (κ2) is 11.2. The first-order valence-electron chi connectivity index (χ1n) is 13.0. The van der Waals surface area contributed by atoms with Crippen LogP contribution in [0.1, 0.15) is 78.9 Å². The van der Waals surface area contributed by atoms with E-state index in [0.717, 1.165) is 44.1 Å². The molecule has 1 unspecified atom stereocenters. The zero-order valence-electron chi connectivity index (χ0n) is 22.1. The van der Waals surface area contributed by atoms with Gasteiger partial charge in [-0.05, 0) is 44.4 Å². The van der Waals surface area contributed by atoms with Crippen molar-refractivity contribution in [1.29, 1.82) is 0 Å². The molecule has 0 bridgehead atoms. The largest absolute Gasteiger partial charge is 0.497 e. The first-order chi connectivity index (χ1) is 17.8. The zero-order valence-corrected chi connectivity index (χ0v) is 22.1. The zero-order chi connectivity index (χ0) is 26.6. The molecule has 3 amide bonds. The topological polar surface area (TPSA) is 115 Å². The monoisotopic (exact) mass is 511 g/mol. The number of fused-ring (bicyclic) bond motifs is 1. The highest BCUT2D eigenvalue weighted by atomic mass is 16.5. The SMILES string of the molecule is CCCCN1C(=O)c2cc(C(=O)NCc3cc(OC)ccc3OC)nn2CC1(C)C(=O)NC1CCCC1. The number of hydrogen-bond acceptors (Lipinski definition) is 6. The van der Waals surface area contributed by atoms with Crippen molar-refractivity contribution in [2.45, 2.75) is 77.0 Å². The van der Waals surface area contributed by atoms with Crippen molar-refractivity contribution in [2.24, 2.45) is 0 Å². The number of unbranched alkanes of at least 4 members (excludes halogenated alkanes) is 1. The molecule has 2 aromatic rings. The summed E-state index contributed by atoms with van der Waals surface area (Å²) in [4.78, 5) is 41.7. The fourth-order valence-corrected chi connectivity index (χ4v) is 5.12. The summed E-state index contributed by atoms with van der Waals surface area (Å²) in [6.07, 6.45) is 5.79. The number of amides is 3. The van der Waals surface area contributed by atoms with E-state index >= 15 is 0 Å². The van der Waals surface area contributed by atoms with E-state index in [0.29, 0.717) is 23.7 Å². The van der Waals surface area contributed by atoms with Gasteiger partial charge < -0.3 is 25.0 Å². The van der Waals surface area contributed by atoms with Crippen LogP contribution in [0.25, 0.3) is 0 Å². The van der Waals surface area contributed by atoms with Gasteiger partial charge in [0.1, 0.15) is 22.7 Å². The summed E-state index contributed by atoms with van der Waals surface area (Å²) in [5.74, 6) is 0.397. The summed E-state index contributed by atoms with van der Waals surface area (Å²) in [5, 5.41) is 10.4. The predicted octanol–water partition coefficient (Wildman–Crippen LogP) is 2.90. The number of benzene rings is 1. The van der Waals surface area contributed by atoms with Crippen LogP contribution in [0.4, 0.5) is 0 Å². The maximum atomic E-state index is 13.6. The van der Waals surface area contributed by atoms with E-state index in [1.165, 1.54) is 10.7 Å². The van der Waals surface area contributed by atoms with E-state index in [1.807, 2.05) is 6.92 Å². The van der Waals surface area contributed by atoms with Crippen molar-refractivity contribution in [3.05, 3.63) is 41.2 Å². The molecule has 200 valence electrons. The third kappa shape index (κ3) is 5.42. The average Bonchev–Trinajstić information content (AvgIpc) is 3.57. The Labute approximate surface area is 217 Å². The van der Waals surface area contributed by atoms with Crippen molar-refractivity contribution >= 4 is 17.7 Å². The Morgan fingerprint density at radius 1 is 1.16 bits per heavy atom. The predicted molar refractivity (Wildman–Crippen MR) is 138 cm³/mol. The number of nitrogens with one attached hydrogen (secondary N) is 2. The Bertz CT molecular complexity index is 1160. The second-order valence-electron chi connectivity index (χ2n) is 9.97. The molecule has 1 aromatic carbocycles. The molecule has 2 heterocycles. The third-order valence-electron chi connectivity index (χ3n) is 7.37. The lowest BCUT2D eigenvalue weighted by molar-refractivity contribution is -0.133. The summed E-state index contributed by atoms with van der Waals surface area (Å²) < 4.78 is 12.2. The van der Waals surface area contributed by atoms with Gasteiger partial charge in [-0.2, -0.15) is 5.10 Å². The van der Waals surface area contributed by atoms with Gasteiger partial charge >= 0.3 is 0 Å². The molecule has 1 aromatic heterocycles. The number of aromatic nitrogens is 2. The first kappa shape index (κ1) is 26.5. The molecule has 1 saturated carbocycles. The molecule has 0 spiro atoms. The molecule has 2 aliphatic rings. The van der Waals surface area contributed by atoms with Crippen molar-refractivity contribution in [1.82, 2.24) is 25.3 Å². The molecule has 0 saturated heterocycles. The van der Waals surface area contributed by atoms with Gasteiger partial charge in [-0.15, -0.1) is 0 Å². The quantitative estimate of drug-likeness (QED) is 0.507. The second-order valence-corrected chi connectivity index (χ2v) is 9.97. The van der Waals surface area contributed by atoms with Crippen molar-refractivity contribution < 1.29 is 23.9 Å². The highest BCUT2D eigenvalue weighted by Crippen LogP contribution is 2.29. The van der Waals surface area contributed by atoms with Gasteiger partial charge in [0, 0.05) is 30.8 Å². The van der Waals surface area contributed by atoms with Gasteiger partial charge in [-0.3, -0.25) is 19.1 Å². The molecule has 0 radical (unpaired) electrons. The van der Waals surface area contributed by atoms with Crippen molar-refractivity contribution in [2.75, 3.05) is 20.8 Å². The minimum absolute atomic E-state index is 0.126. The molecule has 1 atom stereocenters. The minimum Gasteiger partial charge on any atom is -0.497 e. The van der Waals surface area contributed by atoms with E-state index in [-0.39, 0.29) is 36.6 Å². The molecular weight excluding hydrogens is 474 g/mol. The highest BCUT2D eigenvalue weighted by Gasteiger charge is 2.48. The van der Waals surface area contributed by atoms with E-state index in [1.54, 1.807) is 44.2 Å². The van der Waals surface area contributed by atoms with E-state index in [9.17, 15) is 14.4 Å². The Morgan fingerprint density at radius 3 is 2.59 bits per heavy atom. The Balaban J connectivity index is 1.54. The number of ether oxygens (including phenoxy) is 2. The molecule has 37 heavy (non-hydrogen) atoms. The van der Waals surface area contributed by atoms with Crippen LogP contribution in [0.5, 0.6) is 11.5 Å². The third-order valence-corrected chi connectivity index (χ3v) is 7.37. The Kier molecular flexibility index (Phi) is 8.04. The van der Waals surface area contributed by atoms with Crippen LogP contribution in [0.2, 0.25) is 0 Å². The van der Waals surface area contributed by atoms with Crippen LogP contribution in [-0.2, 0) is 17.9 Å². The number of hydrogen-bond donors (Lipinski definition) is 2. The molecule has 2 N–H and O–H groups in total. The summed E-state index contributed by atoms with van der Waals surface area (Å²) in [6, 6.07) is 7.00.